The van der Waals surface area contributed by atoms with Crippen molar-refractivity contribution in [1.82, 2.24) is 4.90 Å². The Morgan fingerprint density at radius 1 is 1.12 bits per heavy atom. The van der Waals surface area contributed by atoms with Crippen LogP contribution in [0.3, 0.4) is 0 Å². The summed E-state index contributed by atoms with van der Waals surface area (Å²) in [6.45, 7) is 4.06. The Morgan fingerprint density at radius 3 is 2.33 bits per heavy atom. The number of rotatable bonds is 6. The maximum absolute atomic E-state index is 12.4. The molecule has 0 aliphatic rings. The van der Waals surface area contributed by atoms with E-state index in [1.807, 2.05) is 43.1 Å². The van der Waals surface area contributed by atoms with E-state index in [2.05, 4.69) is 21.2 Å². The van der Waals surface area contributed by atoms with Crippen LogP contribution in [0.25, 0.3) is 0 Å². The standard InChI is InChI=1S/C19H21BrN2O2/c1-13(22(3)12-16-6-4-5-7-18(16)20)19(24)21-17-10-8-15(9-11-17)14(2)23/h4-11,13H,12H2,1-3H3,(H,21,24)/t13-/m1/s1. The zero-order valence-corrected chi connectivity index (χ0v) is 15.6. The number of halogens is 1. The molecule has 0 heterocycles. The number of carbonyl (C=O) groups is 2. The van der Waals surface area contributed by atoms with E-state index >= 15 is 0 Å². The van der Waals surface area contributed by atoms with Crippen molar-refractivity contribution in [3.05, 3.63) is 64.1 Å². The summed E-state index contributed by atoms with van der Waals surface area (Å²) in [7, 11) is 1.92. The Bertz CT molecular complexity index is 728. The molecule has 1 atom stereocenters. The van der Waals surface area contributed by atoms with Crippen LogP contribution < -0.4 is 5.32 Å². The molecule has 0 spiro atoms. The fourth-order valence-corrected chi connectivity index (χ4v) is 2.68. The van der Waals surface area contributed by atoms with Gasteiger partial charge in [0, 0.05) is 22.3 Å². The molecule has 1 N–H and O–H groups in total. The molecule has 2 aromatic rings. The van der Waals surface area contributed by atoms with E-state index in [0.717, 1.165) is 10.0 Å². The van der Waals surface area contributed by atoms with Gasteiger partial charge in [0.2, 0.25) is 5.91 Å². The van der Waals surface area contributed by atoms with E-state index in [1.54, 1.807) is 24.3 Å². The number of nitrogens with one attached hydrogen (secondary N) is 1. The summed E-state index contributed by atoms with van der Waals surface area (Å²) < 4.78 is 1.03. The molecule has 0 aliphatic heterocycles. The second-order valence-electron chi connectivity index (χ2n) is 5.81. The van der Waals surface area contributed by atoms with Crippen LogP contribution in [-0.2, 0) is 11.3 Å². The molecular formula is C19H21BrN2O2. The molecule has 1 amide bonds. The van der Waals surface area contributed by atoms with Gasteiger partial charge < -0.3 is 5.32 Å². The van der Waals surface area contributed by atoms with Crippen molar-refractivity contribution in [2.75, 3.05) is 12.4 Å². The molecule has 5 heteroatoms. The molecular weight excluding hydrogens is 368 g/mol. The highest BCUT2D eigenvalue weighted by molar-refractivity contribution is 9.10. The summed E-state index contributed by atoms with van der Waals surface area (Å²) in [6.07, 6.45) is 0. The Labute approximate surface area is 151 Å². The molecule has 0 aliphatic carbocycles. The lowest BCUT2D eigenvalue weighted by Gasteiger charge is -2.24. The number of carbonyl (C=O) groups excluding carboxylic acids is 2. The van der Waals surface area contributed by atoms with Crippen molar-refractivity contribution < 1.29 is 9.59 Å². The van der Waals surface area contributed by atoms with Gasteiger partial charge in [-0.15, -0.1) is 0 Å². The van der Waals surface area contributed by atoms with Gasteiger partial charge >= 0.3 is 0 Å². The van der Waals surface area contributed by atoms with Crippen LogP contribution in [0.5, 0.6) is 0 Å². The fourth-order valence-electron chi connectivity index (χ4n) is 2.27. The second kappa shape index (κ2) is 8.22. The average molecular weight is 389 g/mol. The number of anilines is 1. The molecule has 2 rings (SSSR count). The smallest absolute Gasteiger partial charge is 0.241 e. The van der Waals surface area contributed by atoms with Gasteiger partial charge in [0.25, 0.3) is 0 Å². The lowest BCUT2D eigenvalue weighted by Crippen LogP contribution is -2.39. The number of ketones is 1. The summed E-state index contributed by atoms with van der Waals surface area (Å²) in [5.74, 6) is -0.0745. The van der Waals surface area contributed by atoms with Crippen molar-refractivity contribution in [2.45, 2.75) is 26.4 Å². The van der Waals surface area contributed by atoms with E-state index in [4.69, 9.17) is 0 Å². The molecule has 0 saturated carbocycles. The molecule has 0 bridgehead atoms. The van der Waals surface area contributed by atoms with Gasteiger partial charge in [-0.2, -0.15) is 0 Å². The molecule has 2 aromatic carbocycles. The first kappa shape index (κ1) is 18.4. The number of Topliss-reactive ketones (excluding diaryl/α,β-unsaturated/α-hetero) is 1. The van der Waals surface area contributed by atoms with Gasteiger partial charge in [-0.1, -0.05) is 34.1 Å². The lowest BCUT2D eigenvalue weighted by molar-refractivity contribution is -0.120. The quantitative estimate of drug-likeness (QED) is 0.757. The molecule has 0 aromatic heterocycles. The summed E-state index contributed by atoms with van der Waals surface area (Å²) in [4.78, 5) is 25.7. The molecule has 0 unspecified atom stereocenters. The average Bonchev–Trinajstić information content (AvgIpc) is 2.56. The monoisotopic (exact) mass is 388 g/mol. The van der Waals surface area contributed by atoms with Gasteiger partial charge in [0.15, 0.2) is 5.78 Å². The largest absolute Gasteiger partial charge is 0.325 e. The van der Waals surface area contributed by atoms with E-state index in [0.29, 0.717) is 17.8 Å². The highest BCUT2D eigenvalue weighted by Gasteiger charge is 2.19. The molecule has 24 heavy (non-hydrogen) atoms. The van der Waals surface area contributed by atoms with Crippen LogP contribution in [0.1, 0.15) is 29.8 Å². The number of nitrogens with zero attached hydrogens (tertiary/aromatic N) is 1. The third-order valence-corrected chi connectivity index (χ3v) is 4.75. The van der Waals surface area contributed by atoms with E-state index < -0.39 is 0 Å². The fraction of sp³-hybridized carbons (Fsp3) is 0.263. The molecule has 0 fully saturated rings. The van der Waals surface area contributed by atoms with Gasteiger partial charge in [0.1, 0.15) is 0 Å². The maximum atomic E-state index is 12.4. The van der Waals surface area contributed by atoms with Crippen molar-refractivity contribution in [3.8, 4) is 0 Å². The number of hydrogen-bond acceptors (Lipinski definition) is 3. The zero-order chi connectivity index (χ0) is 17.7. The Kier molecular flexibility index (Phi) is 6.29. The summed E-state index contributed by atoms with van der Waals surface area (Å²) in [5.41, 5.74) is 2.45. The van der Waals surface area contributed by atoms with Crippen LogP contribution >= 0.6 is 15.9 Å². The summed E-state index contributed by atoms with van der Waals surface area (Å²) in [5, 5.41) is 2.89. The van der Waals surface area contributed by atoms with Crippen LogP contribution in [0.4, 0.5) is 5.69 Å². The Morgan fingerprint density at radius 2 is 1.75 bits per heavy atom. The maximum Gasteiger partial charge on any atom is 0.241 e. The lowest BCUT2D eigenvalue weighted by atomic mass is 10.1. The van der Waals surface area contributed by atoms with Crippen molar-refractivity contribution >= 4 is 33.3 Å². The van der Waals surface area contributed by atoms with Gasteiger partial charge in [-0.25, -0.2) is 0 Å². The van der Waals surface area contributed by atoms with Crippen molar-refractivity contribution in [1.29, 1.82) is 0 Å². The number of benzene rings is 2. The minimum atomic E-state index is -0.287. The summed E-state index contributed by atoms with van der Waals surface area (Å²) >= 11 is 3.53. The van der Waals surface area contributed by atoms with Gasteiger partial charge in [-0.05, 0) is 56.8 Å². The van der Waals surface area contributed by atoms with Crippen LogP contribution in [0, 0.1) is 0 Å². The number of amides is 1. The predicted molar refractivity (Wildman–Crippen MR) is 100 cm³/mol. The highest BCUT2D eigenvalue weighted by atomic mass is 79.9. The van der Waals surface area contributed by atoms with E-state index in [9.17, 15) is 9.59 Å². The highest BCUT2D eigenvalue weighted by Crippen LogP contribution is 2.18. The minimum Gasteiger partial charge on any atom is -0.325 e. The summed E-state index contributed by atoms with van der Waals surface area (Å²) in [6, 6.07) is 14.6. The van der Waals surface area contributed by atoms with Crippen molar-refractivity contribution in [3.63, 3.8) is 0 Å². The van der Waals surface area contributed by atoms with Crippen LogP contribution in [-0.4, -0.2) is 29.7 Å². The predicted octanol–water partition coefficient (Wildman–Crippen LogP) is 4.11. The molecule has 0 radical (unpaired) electrons. The molecule has 0 saturated heterocycles. The van der Waals surface area contributed by atoms with E-state index in [1.165, 1.54) is 6.92 Å². The van der Waals surface area contributed by atoms with Gasteiger partial charge in [-0.3, -0.25) is 14.5 Å². The number of hydrogen-bond donors (Lipinski definition) is 1. The van der Waals surface area contributed by atoms with Crippen LogP contribution in [0.2, 0.25) is 0 Å². The topological polar surface area (TPSA) is 49.4 Å². The third-order valence-electron chi connectivity index (χ3n) is 3.98. The second-order valence-corrected chi connectivity index (χ2v) is 6.66. The Balaban J connectivity index is 1.98. The molecule has 4 nitrogen and oxygen atoms in total. The molecule has 126 valence electrons. The third kappa shape index (κ3) is 4.76. The zero-order valence-electron chi connectivity index (χ0n) is 14.0. The SMILES string of the molecule is CC(=O)c1ccc(NC(=O)[C@@H](C)N(C)Cc2ccccc2Br)cc1. The number of likely N-dealkylation sites (N-methyl/N-ethyl adjacent to an activating group) is 1. The van der Waals surface area contributed by atoms with Crippen LogP contribution in [0.15, 0.2) is 53.0 Å². The first-order valence-corrected chi connectivity index (χ1v) is 8.53. The van der Waals surface area contributed by atoms with E-state index in [-0.39, 0.29) is 17.7 Å². The normalized spacial score (nSPS) is 12.0. The minimum absolute atomic E-state index is 0.00872. The first-order chi connectivity index (χ1) is 11.4. The van der Waals surface area contributed by atoms with Gasteiger partial charge in [0.05, 0.1) is 6.04 Å². The first-order valence-electron chi connectivity index (χ1n) is 7.74. The Hall–Kier alpha value is -1.98. The van der Waals surface area contributed by atoms with Crippen molar-refractivity contribution in [2.24, 2.45) is 0 Å².